The van der Waals surface area contributed by atoms with Crippen molar-refractivity contribution in [3.63, 3.8) is 0 Å². The lowest BCUT2D eigenvalue weighted by Gasteiger charge is -2.13. The van der Waals surface area contributed by atoms with Crippen molar-refractivity contribution in [2.45, 2.75) is 51.9 Å². The van der Waals surface area contributed by atoms with E-state index in [0.717, 1.165) is 51.9 Å². The van der Waals surface area contributed by atoms with E-state index in [1.807, 2.05) is 7.05 Å². The van der Waals surface area contributed by atoms with Gasteiger partial charge < -0.3 is 35.1 Å². The molecule has 0 spiro atoms. The summed E-state index contributed by atoms with van der Waals surface area (Å²) in [6.07, 6.45) is 5.17. The van der Waals surface area contributed by atoms with Gasteiger partial charge in [0.2, 0.25) is 11.8 Å². The van der Waals surface area contributed by atoms with Gasteiger partial charge in [-0.3, -0.25) is 9.59 Å². The average Bonchev–Trinajstić information content (AvgIpc) is 2.78. The predicted molar refractivity (Wildman–Crippen MR) is 128 cm³/mol. The maximum atomic E-state index is 11.8. The number of nitrogens with zero attached hydrogens (tertiary/aromatic N) is 1. The number of hydrogen-bond acceptors (Lipinski definition) is 7. The highest BCUT2D eigenvalue weighted by atomic mass is 16.5. The molecule has 0 aromatic heterocycles. The summed E-state index contributed by atoms with van der Waals surface area (Å²) in [5.41, 5.74) is 0. The Kier molecular flexibility index (Phi) is 23.4. The molecule has 0 aliphatic rings. The van der Waals surface area contributed by atoms with Crippen LogP contribution in [-0.4, -0.2) is 103 Å². The van der Waals surface area contributed by atoms with Crippen LogP contribution in [0.15, 0.2) is 0 Å². The summed E-state index contributed by atoms with van der Waals surface area (Å²) in [4.78, 5) is 25.9. The summed E-state index contributed by atoms with van der Waals surface area (Å²) >= 11 is 0. The first-order valence-corrected chi connectivity index (χ1v) is 12.2. The third kappa shape index (κ3) is 23.4. The lowest BCUT2D eigenvalue weighted by atomic mass is 10.2. The zero-order valence-corrected chi connectivity index (χ0v) is 20.7. The van der Waals surface area contributed by atoms with E-state index in [4.69, 9.17) is 14.2 Å². The van der Waals surface area contributed by atoms with Crippen LogP contribution in [0.1, 0.15) is 51.9 Å². The summed E-state index contributed by atoms with van der Waals surface area (Å²) in [6.45, 7) is 10.1. The molecule has 9 nitrogen and oxygen atoms in total. The molecule has 0 heterocycles. The molecule has 2 amide bonds. The Hall–Kier alpha value is -1.26. The van der Waals surface area contributed by atoms with Crippen LogP contribution in [-0.2, 0) is 23.8 Å². The lowest BCUT2D eigenvalue weighted by molar-refractivity contribution is -0.122. The molecule has 190 valence electrons. The van der Waals surface area contributed by atoms with Crippen molar-refractivity contribution in [3.05, 3.63) is 0 Å². The Morgan fingerprint density at radius 2 is 1.19 bits per heavy atom. The van der Waals surface area contributed by atoms with Gasteiger partial charge in [-0.1, -0.05) is 6.92 Å². The van der Waals surface area contributed by atoms with Crippen molar-refractivity contribution >= 4 is 11.8 Å². The number of amides is 2. The molecule has 0 aliphatic heterocycles. The van der Waals surface area contributed by atoms with Gasteiger partial charge in [0.1, 0.15) is 0 Å². The number of ether oxygens (including phenoxy) is 3. The van der Waals surface area contributed by atoms with Crippen LogP contribution < -0.4 is 16.0 Å². The first-order valence-electron chi connectivity index (χ1n) is 12.2. The molecule has 0 unspecified atom stereocenters. The molecule has 0 saturated heterocycles. The highest BCUT2D eigenvalue weighted by Crippen LogP contribution is 1.97. The summed E-state index contributed by atoms with van der Waals surface area (Å²) in [6, 6.07) is 0. The van der Waals surface area contributed by atoms with Crippen molar-refractivity contribution in [2.24, 2.45) is 0 Å². The van der Waals surface area contributed by atoms with Gasteiger partial charge in [-0.2, -0.15) is 0 Å². The third-order valence-corrected chi connectivity index (χ3v) is 4.88. The Labute approximate surface area is 195 Å². The van der Waals surface area contributed by atoms with E-state index in [1.54, 1.807) is 0 Å². The highest BCUT2D eigenvalue weighted by molar-refractivity contribution is 5.78. The second kappa shape index (κ2) is 24.4. The van der Waals surface area contributed by atoms with Gasteiger partial charge in [-0.25, -0.2) is 0 Å². The summed E-state index contributed by atoms with van der Waals surface area (Å²) in [7, 11) is 4.02. The van der Waals surface area contributed by atoms with Crippen LogP contribution in [0.5, 0.6) is 0 Å². The molecular weight excluding hydrogens is 412 g/mol. The number of rotatable bonds is 24. The van der Waals surface area contributed by atoms with E-state index in [-0.39, 0.29) is 11.8 Å². The fraction of sp³-hybridized carbons (Fsp3) is 0.913. The standard InChI is InChI=1S/C23H48N4O5/c1-4-27(3)15-6-5-13-25-22(28)10-7-11-23(29)26-14-9-17-31-19-21-32-20-18-30-16-8-12-24-2/h24H,4-21H2,1-3H3,(H,25,28)(H,26,29). The van der Waals surface area contributed by atoms with E-state index in [0.29, 0.717) is 65.4 Å². The van der Waals surface area contributed by atoms with E-state index < -0.39 is 0 Å². The molecule has 9 heteroatoms. The van der Waals surface area contributed by atoms with Crippen molar-refractivity contribution in [2.75, 3.05) is 86.5 Å². The van der Waals surface area contributed by atoms with Crippen LogP contribution in [0.2, 0.25) is 0 Å². The normalized spacial score (nSPS) is 11.1. The van der Waals surface area contributed by atoms with E-state index in [2.05, 4.69) is 34.8 Å². The fourth-order valence-corrected chi connectivity index (χ4v) is 2.77. The monoisotopic (exact) mass is 460 g/mol. The Bertz CT molecular complexity index is 441. The maximum absolute atomic E-state index is 11.8. The zero-order valence-electron chi connectivity index (χ0n) is 20.7. The van der Waals surface area contributed by atoms with Gasteiger partial charge in [0, 0.05) is 39.1 Å². The van der Waals surface area contributed by atoms with Crippen LogP contribution in [0, 0.1) is 0 Å². The van der Waals surface area contributed by atoms with Crippen LogP contribution in [0.3, 0.4) is 0 Å². The number of hydrogen-bond donors (Lipinski definition) is 3. The van der Waals surface area contributed by atoms with Gasteiger partial charge in [-0.15, -0.1) is 0 Å². The molecule has 0 fully saturated rings. The number of unbranched alkanes of at least 4 members (excludes halogenated alkanes) is 1. The SMILES string of the molecule is CCN(C)CCCCNC(=O)CCCC(=O)NCCCOCCOCCOCCCNC. The third-order valence-electron chi connectivity index (χ3n) is 4.88. The van der Waals surface area contributed by atoms with Crippen molar-refractivity contribution in [1.29, 1.82) is 0 Å². The van der Waals surface area contributed by atoms with Gasteiger partial charge in [-0.05, 0) is 65.8 Å². The van der Waals surface area contributed by atoms with Gasteiger partial charge in [0.25, 0.3) is 0 Å². The van der Waals surface area contributed by atoms with Gasteiger partial charge in [0.05, 0.1) is 26.4 Å². The Morgan fingerprint density at radius 3 is 1.72 bits per heavy atom. The molecule has 0 rings (SSSR count). The fourth-order valence-electron chi connectivity index (χ4n) is 2.77. The molecular formula is C23H48N4O5. The van der Waals surface area contributed by atoms with E-state index in [9.17, 15) is 9.59 Å². The minimum Gasteiger partial charge on any atom is -0.379 e. The topological polar surface area (TPSA) is 101 Å². The van der Waals surface area contributed by atoms with E-state index >= 15 is 0 Å². The first kappa shape index (κ1) is 30.7. The summed E-state index contributed by atoms with van der Waals surface area (Å²) in [5.74, 6) is 0.0103. The van der Waals surface area contributed by atoms with E-state index in [1.165, 1.54) is 0 Å². The molecule has 0 aromatic carbocycles. The second-order valence-electron chi connectivity index (χ2n) is 7.80. The first-order chi connectivity index (χ1) is 15.6. The van der Waals surface area contributed by atoms with Crippen molar-refractivity contribution in [1.82, 2.24) is 20.9 Å². The van der Waals surface area contributed by atoms with Crippen molar-refractivity contribution < 1.29 is 23.8 Å². The minimum absolute atomic E-state index is 0.0153. The Balaban J connectivity index is 3.30. The smallest absolute Gasteiger partial charge is 0.220 e. The van der Waals surface area contributed by atoms with Crippen LogP contribution in [0.25, 0.3) is 0 Å². The summed E-state index contributed by atoms with van der Waals surface area (Å²) in [5, 5.41) is 8.86. The number of carbonyl (C=O) groups excluding carboxylic acids is 2. The zero-order chi connectivity index (χ0) is 23.7. The number of carbonyl (C=O) groups is 2. The summed E-state index contributed by atoms with van der Waals surface area (Å²) < 4.78 is 16.3. The molecule has 0 radical (unpaired) electrons. The Morgan fingerprint density at radius 1 is 0.688 bits per heavy atom. The average molecular weight is 461 g/mol. The molecule has 0 atom stereocenters. The molecule has 0 bridgehead atoms. The molecule has 0 aliphatic carbocycles. The predicted octanol–water partition coefficient (Wildman–Crippen LogP) is 1.17. The lowest BCUT2D eigenvalue weighted by Crippen LogP contribution is -2.27. The molecule has 0 saturated carbocycles. The van der Waals surface area contributed by atoms with Gasteiger partial charge in [0.15, 0.2) is 0 Å². The maximum Gasteiger partial charge on any atom is 0.220 e. The largest absolute Gasteiger partial charge is 0.379 e. The second-order valence-corrected chi connectivity index (χ2v) is 7.80. The van der Waals surface area contributed by atoms with Crippen LogP contribution in [0.4, 0.5) is 0 Å². The van der Waals surface area contributed by atoms with Crippen molar-refractivity contribution in [3.8, 4) is 0 Å². The highest BCUT2D eigenvalue weighted by Gasteiger charge is 2.05. The molecule has 0 aromatic rings. The minimum atomic E-state index is -0.0153. The van der Waals surface area contributed by atoms with Gasteiger partial charge >= 0.3 is 0 Å². The molecule has 32 heavy (non-hydrogen) atoms. The number of nitrogens with one attached hydrogen (secondary N) is 3. The van der Waals surface area contributed by atoms with Crippen LogP contribution >= 0.6 is 0 Å². The molecule has 3 N–H and O–H groups in total. The quantitative estimate of drug-likeness (QED) is 0.186.